The Kier molecular flexibility index (Phi) is 8.20. The minimum atomic E-state index is 0.191. The minimum absolute atomic E-state index is 0.191. The van der Waals surface area contributed by atoms with Crippen LogP contribution in [-0.2, 0) is 0 Å². The Morgan fingerprint density at radius 3 is 2.36 bits per heavy atom. The zero-order valence-corrected chi connectivity index (χ0v) is 17.9. The number of hydrogen-bond donors (Lipinski definition) is 0. The number of benzene rings is 1. The van der Waals surface area contributed by atoms with Gasteiger partial charge in [-0.1, -0.05) is 26.7 Å². The first-order valence-electron chi connectivity index (χ1n) is 11.4. The number of likely N-dealkylation sites (tertiary alicyclic amines) is 2. The molecule has 28 heavy (non-hydrogen) atoms. The van der Waals surface area contributed by atoms with Crippen molar-refractivity contribution >= 4 is 5.91 Å². The zero-order chi connectivity index (χ0) is 19.8. The molecule has 156 valence electrons. The minimum Gasteiger partial charge on any atom is -0.493 e. The summed E-state index contributed by atoms with van der Waals surface area (Å²) in [6, 6.07) is 8.12. The van der Waals surface area contributed by atoms with E-state index in [1.807, 2.05) is 24.3 Å². The van der Waals surface area contributed by atoms with Crippen molar-refractivity contribution in [2.24, 2.45) is 5.92 Å². The van der Waals surface area contributed by atoms with E-state index in [2.05, 4.69) is 23.6 Å². The van der Waals surface area contributed by atoms with Gasteiger partial charge in [-0.3, -0.25) is 4.79 Å². The molecule has 2 saturated heterocycles. The summed E-state index contributed by atoms with van der Waals surface area (Å²) in [5.41, 5.74) is 0.790. The summed E-state index contributed by atoms with van der Waals surface area (Å²) in [6.07, 6.45) is 10.0. The maximum absolute atomic E-state index is 13.2. The number of piperidine rings is 1. The number of carbonyl (C=O) groups excluding carboxylic acids is 1. The summed E-state index contributed by atoms with van der Waals surface area (Å²) >= 11 is 0. The molecule has 3 rings (SSSR count). The van der Waals surface area contributed by atoms with Gasteiger partial charge in [-0.2, -0.15) is 0 Å². The molecule has 1 aromatic carbocycles. The molecule has 2 fully saturated rings. The van der Waals surface area contributed by atoms with Gasteiger partial charge in [0.2, 0.25) is 0 Å². The molecular formula is C24H38N2O2. The highest BCUT2D eigenvalue weighted by molar-refractivity contribution is 5.94. The van der Waals surface area contributed by atoms with Crippen molar-refractivity contribution in [3.8, 4) is 5.75 Å². The number of carbonyl (C=O) groups is 1. The summed E-state index contributed by atoms with van der Waals surface area (Å²) in [6.45, 7) is 9.49. The second-order valence-electron chi connectivity index (χ2n) is 8.92. The number of amides is 1. The van der Waals surface area contributed by atoms with Crippen molar-refractivity contribution in [1.29, 1.82) is 0 Å². The monoisotopic (exact) mass is 386 g/mol. The third-order valence-corrected chi connectivity index (χ3v) is 6.05. The van der Waals surface area contributed by atoms with Crippen molar-refractivity contribution in [1.82, 2.24) is 9.80 Å². The van der Waals surface area contributed by atoms with E-state index in [9.17, 15) is 4.79 Å². The molecule has 1 amide bonds. The number of hydrogen-bond acceptors (Lipinski definition) is 3. The van der Waals surface area contributed by atoms with Crippen LogP contribution >= 0.6 is 0 Å². The lowest BCUT2D eigenvalue weighted by Crippen LogP contribution is -2.45. The molecule has 4 nitrogen and oxygen atoms in total. The molecule has 0 spiro atoms. The van der Waals surface area contributed by atoms with Gasteiger partial charge in [0.1, 0.15) is 5.75 Å². The molecule has 0 N–H and O–H groups in total. The summed E-state index contributed by atoms with van der Waals surface area (Å²) in [7, 11) is 0. The van der Waals surface area contributed by atoms with E-state index in [0.717, 1.165) is 43.7 Å². The third-order valence-electron chi connectivity index (χ3n) is 6.05. The highest BCUT2D eigenvalue weighted by atomic mass is 16.5. The van der Waals surface area contributed by atoms with Crippen molar-refractivity contribution in [3.63, 3.8) is 0 Å². The van der Waals surface area contributed by atoms with E-state index in [4.69, 9.17) is 4.74 Å². The molecular weight excluding hydrogens is 348 g/mol. The summed E-state index contributed by atoms with van der Waals surface area (Å²) < 4.78 is 5.75. The normalized spacial score (nSPS) is 21.5. The van der Waals surface area contributed by atoms with E-state index in [0.29, 0.717) is 18.6 Å². The fourth-order valence-corrected chi connectivity index (χ4v) is 4.38. The number of nitrogens with zero attached hydrogens (tertiary/aromatic N) is 2. The second kappa shape index (κ2) is 10.8. The molecule has 0 bridgehead atoms. The summed E-state index contributed by atoms with van der Waals surface area (Å²) in [4.78, 5) is 17.9. The molecule has 0 saturated carbocycles. The average molecular weight is 387 g/mol. The SMILES string of the molecule is CC(C)COc1ccc(C(=O)N2CCCCC2CCN2CCCCCC2)cc1. The topological polar surface area (TPSA) is 32.8 Å². The Labute approximate surface area is 171 Å². The van der Waals surface area contributed by atoms with Gasteiger partial charge in [0, 0.05) is 24.7 Å². The van der Waals surface area contributed by atoms with Gasteiger partial charge in [-0.15, -0.1) is 0 Å². The van der Waals surface area contributed by atoms with Crippen LogP contribution < -0.4 is 4.74 Å². The van der Waals surface area contributed by atoms with Crippen LogP contribution in [0.15, 0.2) is 24.3 Å². The molecule has 1 unspecified atom stereocenters. The Morgan fingerprint density at radius 2 is 1.68 bits per heavy atom. The molecule has 1 aromatic rings. The van der Waals surface area contributed by atoms with Crippen molar-refractivity contribution in [3.05, 3.63) is 29.8 Å². The highest BCUT2D eigenvalue weighted by Crippen LogP contribution is 2.24. The van der Waals surface area contributed by atoms with Crippen molar-refractivity contribution in [2.45, 2.75) is 71.3 Å². The maximum atomic E-state index is 13.2. The van der Waals surface area contributed by atoms with Crippen LogP contribution in [0.5, 0.6) is 5.75 Å². The molecule has 2 aliphatic heterocycles. The van der Waals surface area contributed by atoms with Gasteiger partial charge in [-0.25, -0.2) is 0 Å². The van der Waals surface area contributed by atoms with Gasteiger partial charge in [0.25, 0.3) is 5.91 Å². The Hall–Kier alpha value is -1.55. The van der Waals surface area contributed by atoms with Crippen LogP contribution in [0.25, 0.3) is 0 Å². The Morgan fingerprint density at radius 1 is 1.00 bits per heavy atom. The van der Waals surface area contributed by atoms with E-state index in [-0.39, 0.29) is 5.91 Å². The largest absolute Gasteiger partial charge is 0.493 e. The molecule has 0 aromatic heterocycles. The summed E-state index contributed by atoms with van der Waals surface area (Å²) in [5.74, 6) is 1.54. The van der Waals surface area contributed by atoms with Crippen LogP contribution in [0.4, 0.5) is 0 Å². The zero-order valence-electron chi connectivity index (χ0n) is 17.9. The fraction of sp³-hybridized carbons (Fsp3) is 0.708. The lowest BCUT2D eigenvalue weighted by atomic mass is 9.97. The summed E-state index contributed by atoms with van der Waals surface area (Å²) in [5, 5.41) is 0. The Bertz CT molecular complexity index is 591. The first-order valence-corrected chi connectivity index (χ1v) is 11.4. The standard InChI is InChI=1S/C24H38N2O2/c1-20(2)19-28-23-12-10-21(11-13-23)24(27)26-17-8-5-9-22(26)14-18-25-15-6-3-4-7-16-25/h10-13,20,22H,3-9,14-19H2,1-2H3. The molecule has 1 atom stereocenters. The molecule has 2 heterocycles. The molecule has 0 aliphatic carbocycles. The molecule has 0 radical (unpaired) electrons. The fourth-order valence-electron chi connectivity index (χ4n) is 4.38. The smallest absolute Gasteiger partial charge is 0.254 e. The predicted molar refractivity (Wildman–Crippen MR) is 115 cm³/mol. The van der Waals surface area contributed by atoms with Gasteiger partial charge in [0.05, 0.1) is 6.61 Å². The van der Waals surface area contributed by atoms with E-state index in [1.54, 1.807) is 0 Å². The lowest BCUT2D eigenvalue weighted by molar-refractivity contribution is 0.0584. The first-order chi connectivity index (χ1) is 13.6. The van der Waals surface area contributed by atoms with Gasteiger partial charge in [-0.05, 0) is 81.8 Å². The molecule has 2 aliphatic rings. The quantitative estimate of drug-likeness (QED) is 0.662. The van der Waals surface area contributed by atoms with Gasteiger partial charge < -0.3 is 14.5 Å². The van der Waals surface area contributed by atoms with Crippen molar-refractivity contribution in [2.75, 3.05) is 32.8 Å². The van der Waals surface area contributed by atoms with Crippen LogP contribution in [-0.4, -0.2) is 54.5 Å². The van der Waals surface area contributed by atoms with Crippen molar-refractivity contribution < 1.29 is 9.53 Å². The third kappa shape index (κ3) is 6.23. The second-order valence-corrected chi connectivity index (χ2v) is 8.92. The number of rotatable bonds is 7. The van der Waals surface area contributed by atoms with E-state index in [1.165, 1.54) is 45.2 Å². The predicted octanol–water partition coefficient (Wildman–Crippen LogP) is 4.98. The highest BCUT2D eigenvalue weighted by Gasteiger charge is 2.27. The number of ether oxygens (including phenoxy) is 1. The van der Waals surface area contributed by atoms with Crippen LogP contribution in [0, 0.1) is 5.92 Å². The van der Waals surface area contributed by atoms with Crippen LogP contribution in [0.1, 0.15) is 75.6 Å². The Balaban J connectivity index is 1.56. The lowest BCUT2D eigenvalue weighted by Gasteiger charge is -2.37. The molecule has 4 heteroatoms. The van der Waals surface area contributed by atoms with Gasteiger partial charge in [0.15, 0.2) is 0 Å². The average Bonchev–Trinajstić information content (AvgIpc) is 3.00. The van der Waals surface area contributed by atoms with E-state index >= 15 is 0 Å². The maximum Gasteiger partial charge on any atom is 0.254 e. The van der Waals surface area contributed by atoms with Crippen LogP contribution in [0.2, 0.25) is 0 Å². The van der Waals surface area contributed by atoms with E-state index < -0.39 is 0 Å². The first kappa shape index (κ1) is 21.2. The van der Waals surface area contributed by atoms with Gasteiger partial charge >= 0.3 is 0 Å². The van der Waals surface area contributed by atoms with Crippen LogP contribution in [0.3, 0.4) is 0 Å².